The summed E-state index contributed by atoms with van der Waals surface area (Å²) in [4.78, 5) is 37.8. The lowest BCUT2D eigenvalue weighted by Gasteiger charge is -2.09. The Hall–Kier alpha value is -3.26. The highest BCUT2D eigenvalue weighted by Gasteiger charge is 2.17. The summed E-state index contributed by atoms with van der Waals surface area (Å²) in [5.74, 6) is -0.330. The number of fused-ring (bicyclic) bond motifs is 2. The van der Waals surface area contributed by atoms with Crippen molar-refractivity contribution in [1.82, 2.24) is 15.0 Å². The van der Waals surface area contributed by atoms with Crippen molar-refractivity contribution in [2.45, 2.75) is 6.61 Å². The molecule has 0 unspecified atom stereocenters. The predicted molar refractivity (Wildman–Crippen MR) is 127 cm³/mol. The third kappa shape index (κ3) is 3.98. The van der Waals surface area contributed by atoms with Gasteiger partial charge in [0.05, 0.1) is 36.9 Å². The number of nitrogens with one attached hydrogen (secondary N) is 1. The maximum atomic E-state index is 13.0. The third-order valence-corrected chi connectivity index (χ3v) is 6.31. The van der Waals surface area contributed by atoms with Gasteiger partial charge in [0.25, 0.3) is 5.56 Å². The van der Waals surface area contributed by atoms with Crippen molar-refractivity contribution >= 4 is 62.3 Å². The van der Waals surface area contributed by atoms with Gasteiger partial charge in [0.1, 0.15) is 12.4 Å². The Balaban J connectivity index is 1.48. The first-order valence-corrected chi connectivity index (χ1v) is 11.1. The Morgan fingerprint density at radius 2 is 1.81 bits per heavy atom. The Bertz CT molecular complexity index is 1560. The fourth-order valence-corrected chi connectivity index (χ4v) is 4.53. The van der Waals surface area contributed by atoms with Crippen LogP contribution in [0.4, 0.5) is 0 Å². The summed E-state index contributed by atoms with van der Waals surface area (Å²) in [7, 11) is 0. The third-order valence-electron chi connectivity index (χ3n) is 4.82. The first kappa shape index (κ1) is 20.6. The Kier molecular flexibility index (Phi) is 5.38. The SMILES string of the molecule is O=C(OCc1nc2cc(Cl)ccc2c(=O)[nH]1)c1cc(-c2ccc(Cl)s2)nc2ccccc12. The van der Waals surface area contributed by atoms with Gasteiger partial charge < -0.3 is 9.72 Å². The van der Waals surface area contributed by atoms with Crippen LogP contribution in [-0.2, 0) is 11.3 Å². The molecular weight excluding hydrogens is 469 g/mol. The number of aromatic amines is 1. The molecule has 0 fully saturated rings. The minimum atomic E-state index is -0.554. The molecule has 0 radical (unpaired) electrons. The largest absolute Gasteiger partial charge is 0.454 e. The van der Waals surface area contributed by atoms with E-state index in [1.807, 2.05) is 30.3 Å². The number of esters is 1. The van der Waals surface area contributed by atoms with Gasteiger partial charge in [-0.15, -0.1) is 11.3 Å². The summed E-state index contributed by atoms with van der Waals surface area (Å²) in [6.45, 7) is -0.201. The molecule has 0 aliphatic heterocycles. The second-order valence-electron chi connectivity index (χ2n) is 6.93. The van der Waals surface area contributed by atoms with Gasteiger partial charge >= 0.3 is 5.97 Å². The van der Waals surface area contributed by atoms with Crippen molar-refractivity contribution < 1.29 is 9.53 Å². The number of halogens is 2. The van der Waals surface area contributed by atoms with E-state index in [2.05, 4.69) is 15.0 Å². The average molecular weight is 482 g/mol. The number of pyridine rings is 1. The van der Waals surface area contributed by atoms with Crippen LogP contribution in [-0.4, -0.2) is 20.9 Å². The topological polar surface area (TPSA) is 84.9 Å². The van der Waals surface area contributed by atoms with E-state index in [-0.39, 0.29) is 18.0 Å². The van der Waals surface area contributed by atoms with Crippen LogP contribution in [0.15, 0.2) is 65.5 Å². The van der Waals surface area contributed by atoms with E-state index in [0.717, 1.165) is 4.88 Å². The van der Waals surface area contributed by atoms with Gasteiger partial charge in [-0.3, -0.25) is 4.79 Å². The van der Waals surface area contributed by atoms with E-state index in [1.165, 1.54) is 11.3 Å². The number of thiophene rings is 1. The van der Waals surface area contributed by atoms with Crippen LogP contribution in [0.5, 0.6) is 0 Å². The van der Waals surface area contributed by atoms with E-state index >= 15 is 0 Å². The van der Waals surface area contributed by atoms with Crippen molar-refractivity contribution in [3.8, 4) is 10.6 Å². The Labute approximate surface area is 195 Å². The number of carbonyl (C=O) groups excluding carboxylic acids is 1. The van der Waals surface area contributed by atoms with Crippen LogP contribution < -0.4 is 5.56 Å². The van der Waals surface area contributed by atoms with E-state index in [4.69, 9.17) is 27.9 Å². The first-order valence-electron chi connectivity index (χ1n) is 9.49. The number of para-hydroxylation sites is 1. The molecule has 5 aromatic rings. The van der Waals surface area contributed by atoms with E-state index in [1.54, 1.807) is 30.3 Å². The maximum Gasteiger partial charge on any atom is 0.339 e. The summed E-state index contributed by atoms with van der Waals surface area (Å²) in [6.07, 6.45) is 0. The molecular formula is C23H13Cl2N3O3S. The number of nitrogens with zero attached hydrogens (tertiary/aromatic N) is 2. The number of ether oxygens (including phenoxy) is 1. The van der Waals surface area contributed by atoms with Crippen LogP contribution in [0.3, 0.4) is 0 Å². The molecule has 0 aliphatic carbocycles. The highest BCUT2D eigenvalue weighted by molar-refractivity contribution is 7.19. The molecule has 32 heavy (non-hydrogen) atoms. The number of rotatable bonds is 4. The van der Waals surface area contributed by atoms with Gasteiger partial charge in [0.15, 0.2) is 0 Å². The van der Waals surface area contributed by atoms with Gasteiger partial charge in [-0.2, -0.15) is 0 Å². The molecule has 5 rings (SSSR count). The highest BCUT2D eigenvalue weighted by atomic mass is 35.5. The van der Waals surface area contributed by atoms with Gasteiger partial charge in [-0.05, 0) is 42.5 Å². The molecule has 6 nitrogen and oxygen atoms in total. The van der Waals surface area contributed by atoms with Crippen molar-refractivity contribution in [3.63, 3.8) is 0 Å². The van der Waals surface area contributed by atoms with Gasteiger partial charge in [0.2, 0.25) is 0 Å². The lowest BCUT2D eigenvalue weighted by atomic mass is 10.1. The fraction of sp³-hybridized carbons (Fsp3) is 0.0435. The molecule has 1 N–H and O–H groups in total. The van der Waals surface area contributed by atoms with Crippen LogP contribution in [0, 0.1) is 0 Å². The monoisotopic (exact) mass is 481 g/mol. The molecule has 3 aromatic heterocycles. The summed E-state index contributed by atoms with van der Waals surface area (Å²) in [5, 5.41) is 1.53. The standard InChI is InChI=1S/C23H13Cl2N3O3S/c24-12-5-6-14-17(9-12)27-21(28-22(14)29)11-31-23(30)15-10-18(19-7-8-20(25)32-19)26-16-4-2-1-3-13(15)16/h1-10H,11H2,(H,27,28,29). The number of H-pyrrole nitrogens is 1. The Morgan fingerprint density at radius 3 is 2.62 bits per heavy atom. The number of hydrogen-bond acceptors (Lipinski definition) is 6. The molecule has 0 atom stereocenters. The average Bonchev–Trinajstić information content (AvgIpc) is 3.22. The van der Waals surface area contributed by atoms with Crippen molar-refractivity contribution in [2.75, 3.05) is 0 Å². The van der Waals surface area contributed by atoms with Crippen molar-refractivity contribution in [3.05, 3.63) is 91.8 Å². The molecule has 3 heterocycles. The number of benzene rings is 2. The first-order chi connectivity index (χ1) is 15.5. The second-order valence-corrected chi connectivity index (χ2v) is 9.08. The van der Waals surface area contributed by atoms with E-state index in [0.29, 0.717) is 42.4 Å². The predicted octanol–water partition coefficient (Wildman–Crippen LogP) is 5.86. The minimum Gasteiger partial charge on any atom is -0.454 e. The van der Waals surface area contributed by atoms with Gasteiger partial charge in [-0.25, -0.2) is 14.8 Å². The number of carbonyl (C=O) groups is 1. The molecule has 9 heteroatoms. The highest BCUT2D eigenvalue weighted by Crippen LogP contribution is 2.32. The van der Waals surface area contributed by atoms with Crippen molar-refractivity contribution in [1.29, 1.82) is 0 Å². The summed E-state index contributed by atoms with van der Waals surface area (Å²) in [6, 6.07) is 17.4. The normalized spacial score (nSPS) is 11.2. The Morgan fingerprint density at radius 1 is 0.969 bits per heavy atom. The van der Waals surface area contributed by atoms with Crippen LogP contribution in [0.25, 0.3) is 32.4 Å². The molecule has 0 spiro atoms. The van der Waals surface area contributed by atoms with Crippen LogP contribution in [0.2, 0.25) is 9.36 Å². The molecule has 0 amide bonds. The molecule has 0 aliphatic rings. The zero-order valence-corrected chi connectivity index (χ0v) is 18.6. The van der Waals surface area contributed by atoms with E-state index in [9.17, 15) is 9.59 Å². The molecule has 0 saturated heterocycles. The van der Waals surface area contributed by atoms with Crippen molar-refractivity contribution in [2.24, 2.45) is 0 Å². The quantitative estimate of drug-likeness (QED) is 0.324. The lowest BCUT2D eigenvalue weighted by molar-refractivity contribution is 0.0464. The van der Waals surface area contributed by atoms with Crippen LogP contribution >= 0.6 is 34.5 Å². The smallest absolute Gasteiger partial charge is 0.339 e. The molecule has 2 aromatic carbocycles. The zero-order valence-electron chi connectivity index (χ0n) is 16.3. The van der Waals surface area contributed by atoms with Gasteiger partial charge in [-0.1, -0.05) is 41.4 Å². The van der Waals surface area contributed by atoms with Crippen LogP contribution in [0.1, 0.15) is 16.2 Å². The maximum absolute atomic E-state index is 13.0. The van der Waals surface area contributed by atoms with E-state index < -0.39 is 5.97 Å². The number of aromatic nitrogens is 3. The minimum absolute atomic E-state index is 0.201. The van der Waals surface area contributed by atoms with Gasteiger partial charge in [0, 0.05) is 10.4 Å². The summed E-state index contributed by atoms with van der Waals surface area (Å²) < 4.78 is 6.13. The summed E-state index contributed by atoms with van der Waals surface area (Å²) >= 11 is 13.4. The molecule has 0 bridgehead atoms. The summed E-state index contributed by atoms with van der Waals surface area (Å²) in [5.41, 5.74) is 1.75. The molecule has 158 valence electrons. The number of hydrogen-bond donors (Lipinski definition) is 1. The fourth-order valence-electron chi connectivity index (χ4n) is 3.36. The zero-order chi connectivity index (χ0) is 22.2. The molecule has 0 saturated carbocycles. The lowest BCUT2D eigenvalue weighted by Crippen LogP contribution is -2.15. The second kappa shape index (κ2) is 8.35.